The fourth-order valence-corrected chi connectivity index (χ4v) is 4.07. The van der Waals surface area contributed by atoms with E-state index in [9.17, 15) is 4.79 Å². The zero-order chi connectivity index (χ0) is 16.5. The third-order valence-corrected chi connectivity index (χ3v) is 5.17. The van der Waals surface area contributed by atoms with Crippen LogP contribution in [-0.2, 0) is 4.79 Å². The number of benzene rings is 3. The van der Waals surface area contributed by atoms with E-state index >= 15 is 0 Å². The molecular formula is C21H14O2S. The van der Waals surface area contributed by atoms with E-state index in [1.807, 2.05) is 24.3 Å². The van der Waals surface area contributed by atoms with Crippen LogP contribution < -0.4 is 4.74 Å². The fraction of sp³-hybridized carbons (Fsp3) is 0. The van der Waals surface area contributed by atoms with Gasteiger partial charge in [0.1, 0.15) is 5.75 Å². The molecule has 0 aliphatic carbocycles. The maximum Gasteiger partial charge on any atom is 0.335 e. The molecular weight excluding hydrogens is 316 g/mol. The van der Waals surface area contributed by atoms with Crippen LogP contribution in [0.1, 0.15) is 0 Å². The molecule has 0 atom stereocenters. The van der Waals surface area contributed by atoms with Crippen molar-refractivity contribution < 1.29 is 9.53 Å². The first-order valence-corrected chi connectivity index (χ1v) is 8.43. The lowest BCUT2D eigenvalue weighted by Gasteiger charge is -2.06. The third-order valence-electron chi connectivity index (χ3n) is 3.95. The minimum Gasteiger partial charge on any atom is -0.423 e. The monoisotopic (exact) mass is 330 g/mol. The van der Waals surface area contributed by atoms with Crippen molar-refractivity contribution in [3.63, 3.8) is 0 Å². The topological polar surface area (TPSA) is 26.3 Å². The summed E-state index contributed by atoms with van der Waals surface area (Å²) in [5.74, 6) is 0.0709. The predicted octanol–water partition coefficient (Wildman–Crippen LogP) is 5.81. The summed E-state index contributed by atoms with van der Waals surface area (Å²) in [6, 6.07) is 22.4. The molecule has 0 amide bonds. The van der Waals surface area contributed by atoms with Gasteiger partial charge in [-0.2, -0.15) is 0 Å². The normalized spacial score (nSPS) is 10.8. The Morgan fingerprint density at radius 3 is 2.46 bits per heavy atom. The molecule has 0 unspecified atom stereocenters. The lowest BCUT2D eigenvalue weighted by atomic mass is 10.0. The van der Waals surface area contributed by atoms with Crippen LogP contribution in [-0.4, -0.2) is 5.97 Å². The first kappa shape index (κ1) is 14.7. The number of rotatable bonds is 3. The van der Waals surface area contributed by atoms with Crippen LogP contribution in [0.4, 0.5) is 0 Å². The molecule has 0 aliphatic heterocycles. The van der Waals surface area contributed by atoms with Gasteiger partial charge in [-0.25, -0.2) is 4.79 Å². The highest BCUT2D eigenvalue weighted by atomic mass is 32.1. The van der Waals surface area contributed by atoms with E-state index in [0.29, 0.717) is 5.75 Å². The van der Waals surface area contributed by atoms with Gasteiger partial charge in [-0.15, -0.1) is 11.3 Å². The summed E-state index contributed by atoms with van der Waals surface area (Å²) in [7, 11) is 0. The molecule has 24 heavy (non-hydrogen) atoms. The van der Waals surface area contributed by atoms with Gasteiger partial charge in [0.05, 0.1) is 0 Å². The molecule has 1 heterocycles. The Morgan fingerprint density at radius 2 is 1.67 bits per heavy atom. The highest BCUT2D eigenvalue weighted by Gasteiger charge is 2.10. The van der Waals surface area contributed by atoms with Crippen molar-refractivity contribution >= 4 is 37.5 Å². The second kappa shape index (κ2) is 5.95. The largest absolute Gasteiger partial charge is 0.423 e. The van der Waals surface area contributed by atoms with Crippen molar-refractivity contribution in [2.45, 2.75) is 0 Å². The smallest absolute Gasteiger partial charge is 0.335 e. The van der Waals surface area contributed by atoms with E-state index < -0.39 is 5.97 Å². The number of hydrogen-bond donors (Lipinski definition) is 0. The Hall–Kier alpha value is -2.91. The highest BCUT2D eigenvalue weighted by molar-refractivity contribution is 7.26. The van der Waals surface area contributed by atoms with E-state index in [2.05, 4.69) is 49.0 Å². The summed E-state index contributed by atoms with van der Waals surface area (Å²) in [6.07, 6.45) is 1.16. The molecule has 0 aliphatic rings. The average Bonchev–Trinajstić information content (AvgIpc) is 3.01. The predicted molar refractivity (Wildman–Crippen MR) is 101 cm³/mol. The van der Waals surface area contributed by atoms with Crippen LogP contribution in [0, 0.1) is 0 Å². The molecule has 4 rings (SSSR count). The molecule has 2 nitrogen and oxygen atoms in total. The summed E-state index contributed by atoms with van der Waals surface area (Å²) in [5, 5.41) is 2.56. The summed E-state index contributed by atoms with van der Waals surface area (Å²) in [6.45, 7) is 3.40. The van der Waals surface area contributed by atoms with Crippen LogP contribution in [0.5, 0.6) is 5.75 Å². The maximum absolute atomic E-state index is 11.3. The Labute approximate surface area is 143 Å². The van der Waals surface area contributed by atoms with Gasteiger partial charge in [0.2, 0.25) is 0 Å². The first-order valence-electron chi connectivity index (χ1n) is 7.61. The zero-order valence-corrected chi connectivity index (χ0v) is 13.7. The van der Waals surface area contributed by atoms with Crippen molar-refractivity contribution in [1.29, 1.82) is 0 Å². The molecule has 0 radical (unpaired) electrons. The molecule has 0 N–H and O–H groups in total. The molecule has 4 aromatic rings. The second-order valence-electron chi connectivity index (χ2n) is 5.43. The van der Waals surface area contributed by atoms with Gasteiger partial charge in [-0.3, -0.25) is 0 Å². The number of esters is 1. The molecule has 1 aromatic heterocycles. The van der Waals surface area contributed by atoms with Gasteiger partial charge in [-0.05, 0) is 29.3 Å². The Kier molecular flexibility index (Phi) is 3.63. The lowest BCUT2D eigenvalue weighted by Crippen LogP contribution is -2.02. The molecule has 0 saturated carbocycles. The minimum atomic E-state index is -0.450. The van der Waals surface area contributed by atoms with Crippen molar-refractivity contribution in [3.05, 3.63) is 79.4 Å². The Morgan fingerprint density at radius 1 is 0.917 bits per heavy atom. The summed E-state index contributed by atoms with van der Waals surface area (Å²) in [4.78, 5) is 11.3. The van der Waals surface area contributed by atoms with Crippen LogP contribution in [0.15, 0.2) is 79.4 Å². The maximum atomic E-state index is 11.3. The average molecular weight is 330 g/mol. The van der Waals surface area contributed by atoms with Crippen molar-refractivity contribution in [2.75, 3.05) is 0 Å². The lowest BCUT2D eigenvalue weighted by molar-refractivity contribution is -0.128. The van der Waals surface area contributed by atoms with Crippen molar-refractivity contribution in [3.8, 4) is 16.9 Å². The van der Waals surface area contributed by atoms with E-state index in [1.54, 1.807) is 11.3 Å². The van der Waals surface area contributed by atoms with Gasteiger partial charge in [0.15, 0.2) is 0 Å². The minimum absolute atomic E-state index is 0.450. The fourth-order valence-electron chi connectivity index (χ4n) is 2.83. The number of fused-ring (bicyclic) bond motifs is 3. The standard InChI is InChI=1S/C21H14O2S/c1-2-20(22)23-15-12-10-14(11-13-15)16-7-5-8-18-17-6-3-4-9-19(17)24-21(16)18/h2-13H,1H2. The second-order valence-corrected chi connectivity index (χ2v) is 6.48. The van der Waals surface area contributed by atoms with Gasteiger partial charge >= 0.3 is 5.97 Å². The molecule has 0 bridgehead atoms. The number of hydrogen-bond acceptors (Lipinski definition) is 3. The quantitative estimate of drug-likeness (QED) is 0.269. The van der Waals surface area contributed by atoms with E-state index in [4.69, 9.17) is 4.74 Å². The molecule has 116 valence electrons. The number of carbonyl (C=O) groups is 1. The number of carbonyl (C=O) groups excluding carboxylic acids is 1. The molecule has 3 heteroatoms. The highest BCUT2D eigenvalue weighted by Crippen LogP contribution is 2.39. The van der Waals surface area contributed by atoms with Crippen molar-refractivity contribution in [2.24, 2.45) is 0 Å². The SMILES string of the molecule is C=CC(=O)Oc1ccc(-c2cccc3c2sc2ccccc23)cc1. The molecule has 0 saturated heterocycles. The van der Waals surface area contributed by atoms with Gasteiger partial charge in [0.25, 0.3) is 0 Å². The van der Waals surface area contributed by atoms with Crippen LogP contribution in [0.3, 0.4) is 0 Å². The number of thiophene rings is 1. The van der Waals surface area contributed by atoms with Crippen LogP contribution in [0.2, 0.25) is 0 Å². The van der Waals surface area contributed by atoms with E-state index in [-0.39, 0.29) is 0 Å². The van der Waals surface area contributed by atoms with Crippen molar-refractivity contribution in [1.82, 2.24) is 0 Å². The van der Waals surface area contributed by atoms with Crippen LogP contribution >= 0.6 is 11.3 Å². The number of ether oxygens (including phenoxy) is 1. The van der Waals surface area contributed by atoms with E-state index in [0.717, 1.165) is 11.6 Å². The molecule has 0 spiro atoms. The Balaban J connectivity index is 1.81. The first-order chi connectivity index (χ1) is 11.8. The summed E-state index contributed by atoms with van der Waals surface area (Å²) < 4.78 is 7.70. The summed E-state index contributed by atoms with van der Waals surface area (Å²) >= 11 is 1.80. The van der Waals surface area contributed by atoms with E-state index in [1.165, 1.54) is 25.7 Å². The molecule has 0 fully saturated rings. The summed E-state index contributed by atoms with van der Waals surface area (Å²) in [5.41, 5.74) is 2.29. The third kappa shape index (κ3) is 2.49. The van der Waals surface area contributed by atoms with Gasteiger partial charge < -0.3 is 4.74 Å². The van der Waals surface area contributed by atoms with Gasteiger partial charge in [-0.1, -0.05) is 55.1 Å². The Bertz CT molecular complexity index is 1060. The van der Waals surface area contributed by atoms with Gasteiger partial charge in [0, 0.05) is 26.2 Å². The zero-order valence-electron chi connectivity index (χ0n) is 12.9. The molecule has 3 aromatic carbocycles. The van der Waals surface area contributed by atoms with Crippen LogP contribution in [0.25, 0.3) is 31.3 Å².